The molecule has 0 atom stereocenters. The highest BCUT2D eigenvalue weighted by molar-refractivity contribution is 6.24. The Morgan fingerprint density at radius 3 is 2.83 bits per heavy atom. The Bertz CT molecular complexity index is 960. The molecule has 3 aromatic heterocycles. The lowest BCUT2D eigenvalue weighted by Crippen LogP contribution is -2.10. The van der Waals surface area contributed by atoms with Gasteiger partial charge in [-0.3, -0.25) is 9.67 Å². The van der Waals surface area contributed by atoms with Crippen LogP contribution >= 0.6 is 0 Å². The Labute approximate surface area is 133 Å². The molecule has 0 spiro atoms. The largest absolute Gasteiger partial charge is 0.391 e. The summed E-state index contributed by atoms with van der Waals surface area (Å²) in [7, 11) is 1.91. The van der Waals surface area contributed by atoms with E-state index >= 15 is 0 Å². The van der Waals surface area contributed by atoms with Gasteiger partial charge in [0.15, 0.2) is 0 Å². The van der Waals surface area contributed by atoms with Crippen molar-refractivity contribution in [2.45, 2.75) is 13.8 Å². The van der Waals surface area contributed by atoms with E-state index in [2.05, 4.69) is 33.2 Å². The van der Waals surface area contributed by atoms with Crippen molar-refractivity contribution >= 4 is 22.3 Å². The number of aromatic amines is 1. The summed E-state index contributed by atoms with van der Waals surface area (Å²) in [6, 6.07) is 2.12. The molecular formula is C17H17N5O. The molecule has 3 aromatic rings. The molecule has 23 heavy (non-hydrogen) atoms. The fourth-order valence-corrected chi connectivity index (χ4v) is 3.03. The van der Waals surface area contributed by atoms with Gasteiger partial charge in [0.05, 0.1) is 22.9 Å². The van der Waals surface area contributed by atoms with Gasteiger partial charge >= 0.3 is 0 Å². The SMILES string of the molecule is CC1=NOCC(C)=C1c1cnc2c(-c3cnn(C)c3)c[nH]c2c1. The zero-order chi connectivity index (χ0) is 16.0. The standard InChI is InChI=1S/C17H17N5O/c1-10-9-23-21-11(2)16(10)12-4-15-17(19-5-12)14(7-18-15)13-6-20-22(3)8-13/h4-8,18H,9H2,1-3H3. The molecule has 0 saturated heterocycles. The van der Waals surface area contributed by atoms with Crippen LogP contribution in [0.1, 0.15) is 19.4 Å². The maximum Gasteiger partial charge on any atom is 0.139 e. The van der Waals surface area contributed by atoms with Crippen molar-refractivity contribution in [3.05, 3.63) is 42.0 Å². The van der Waals surface area contributed by atoms with E-state index in [-0.39, 0.29) is 0 Å². The molecule has 4 rings (SSSR count). The maximum absolute atomic E-state index is 5.19. The highest BCUT2D eigenvalue weighted by Crippen LogP contribution is 2.30. The van der Waals surface area contributed by atoms with Crippen LogP contribution in [0.15, 0.2) is 41.6 Å². The van der Waals surface area contributed by atoms with Gasteiger partial charge < -0.3 is 9.82 Å². The van der Waals surface area contributed by atoms with E-state index in [0.29, 0.717) is 6.61 Å². The predicted octanol–water partition coefficient (Wildman–Crippen LogP) is 3.14. The molecule has 0 aliphatic carbocycles. The average molecular weight is 307 g/mol. The summed E-state index contributed by atoms with van der Waals surface area (Å²) < 4.78 is 1.79. The van der Waals surface area contributed by atoms with E-state index in [0.717, 1.165) is 44.6 Å². The number of fused-ring (bicyclic) bond motifs is 1. The number of H-pyrrole nitrogens is 1. The number of oxime groups is 1. The Kier molecular flexibility index (Phi) is 3.04. The summed E-state index contributed by atoms with van der Waals surface area (Å²) in [4.78, 5) is 13.2. The van der Waals surface area contributed by atoms with E-state index in [1.54, 1.807) is 4.68 Å². The summed E-state index contributed by atoms with van der Waals surface area (Å²) in [6.07, 6.45) is 7.71. The molecular weight excluding hydrogens is 290 g/mol. The summed E-state index contributed by atoms with van der Waals surface area (Å²) >= 11 is 0. The molecule has 0 bridgehead atoms. The number of allylic oxidation sites excluding steroid dienone is 1. The molecule has 0 unspecified atom stereocenters. The lowest BCUT2D eigenvalue weighted by atomic mass is 9.97. The van der Waals surface area contributed by atoms with Gasteiger partial charge in [-0.15, -0.1) is 0 Å². The summed E-state index contributed by atoms with van der Waals surface area (Å²) in [5.74, 6) is 0. The number of aryl methyl sites for hydroxylation is 1. The molecule has 0 aromatic carbocycles. The fraction of sp³-hybridized carbons (Fsp3) is 0.235. The van der Waals surface area contributed by atoms with Crippen molar-refractivity contribution in [1.29, 1.82) is 0 Å². The molecule has 0 radical (unpaired) electrons. The number of hydrogen-bond acceptors (Lipinski definition) is 4. The maximum atomic E-state index is 5.19. The number of hydrogen-bond donors (Lipinski definition) is 1. The van der Waals surface area contributed by atoms with Crippen molar-refractivity contribution in [3.8, 4) is 11.1 Å². The lowest BCUT2D eigenvalue weighted by molar-refractivity contribution is 0.165. The minimum absolute atomic E-state index is 0.524. The van der Waals surface area contributed by atoms with Crippen LogP contribution in [0.3, 0.4) is 0 Å². The van der Waals surface area contributed by atoms with Crippen molar-refractivity contribution in [2.24, 2.45) is 12.2 Å². The van der Waals surface area contributed by atoms with Gasteiger partial charge in [-0.05, 0) is 25.5 Å². The molecule has 6 nitrogen and oxygen atoms in total. The monoisotopic (exact) mass is 307 g/mol. The van der Waals surface area contributed by atoms with Crippen molar-refractivity contribution in [1.82, 2.24) is 19.7 Å². The molecule has 1 N–H and O–H groups in total. The number of nitrogens with zero attached hydrogens (tertiary/aromatic N) is 4. The molecule has 1 aliphatic rings. The zero-order valence-corrected chi connectivity index (χ0v) is 13.3. The van der Waals surface area contributed by atoms with Gasteiger partial charge in [0.2, 0.25) is 0 Å². The third-order valence-corrected chi connectivity index (χ3v) is 4.09. The second-order valence-corrected chi connectivity index (χ2v) is 5.83. The smallest absolute Gasteiger partial charge is 0.139 e. The highest BCUT2D eigenvalue weighted by atomic mass is 16.6. The van der Waals surface area contributed by atoms with Gasteiger partial charge in [-0.2, -0.15) is 5.10 Å². The first kappa shape index (κ1) is 13.8. The Morgan fingerprint density at radius 2 is 2.09 bits per heavy atom. The predicted molar refractivity (Wildman–Crippen MR) is 90.0 cm³/mol. The van der Waals surface area contributed by atoms with E-state index in [9.17, 15) is 0 Å². The molecule has 6 heteroatoms. The third kappa shape index (κ3) is 2.23. The molecule has 0 amide bonds. The minimum atomic E-state index is 0.524. The van der Waals surface area contributed by atoms with Crippen molar-refractivity contribution in [2.75, 3.05) is 6.61 Å². The van der Waals surface area contributed by atoms with Crippen LogP contribution in [0.2, 0.25) is 0 Å². The van der Waals surface area contributed by atoms with Crippen molar-refractivity contribution in [3.63, 3.8) is 0 Å². The number of nitrogens with one attached hydrogen (secondary N) is 1. The molecule has 1 aliphatic heterocycles. The quantitative estimate of drug-likeness (QED) is 0.791. The van der Waals surface area contributed by atoms with Crippen LogP contribution < -0.4 is 0 Å². The zero-order valence-electron chi connectivity index (χ0n) is 13.3. The Balaban J connectivity index is 1.83. The van der Waals surface area contributed by atoms with Gasteiger partial charge in [0.1, 0.15) is 6.61 Å². The summed E-state index contributed by atoms with van der Waals surface area (Å²) in [5, 5.41) is 8.31. The van der Waals surface area contributed by atoms with Crippen LogP contribution in [0, 0.1) is 0 Å². The Hall–Kier alpha value is -2.89. The number of aromatic nitrogens is 4. The second-order valence-electron chi connectivity index (χ2n) is 5.83. The van der Waals surface area contributed by atoms with Crippen LogP contribution in [-0.4, -0.2) is 32.1 Å². The third-order valence-electron chi connectivity index (χ3n) is 4.09. The highest BCUT2D eigenvalue weighted by Gasteiger charge is 2.17. The van der Waals surface area contributed by atoms with Crippen LogP contribution in [-0.2, 0) is 11.9 Å². The number of pyridine rings is 1. The van der Waals surface area contributed by atoms with Gasteiger partial charge in [0.25, 0.3) is 0 Å². The van der Waals surface area contributed by atoms with Crippen molar-refractivity contribution < 1.29 is 4.84 Å². The van der Waals surface area contributed by atoms with E-state index in [1.165, 1.54) is 0 Å². The Morgan fingerprint density at radius 1 is 1.22 bits per heavy atom. The van der Waals surface area contributed by atoms with E-state index in [4.69, 9.17) is 4.84 Å². The molecule has 116 valence electrons. The molecule has 0 saturated carbocycles. The first-order valence-electron chi connectivity index (χ1n) is 7.46. The summed E-state index contributed by atoms with van der Waals surface area (Å²) in [6.45, 7) is 4.54. The topological polar surface area (TPSA) is 68.1 Å². The van der Waals surface area contributed by atoms with Crippen LogP contribution in [0.4, 0.5) is 0 Å². The van der Waals surface area contributed by atoms with Gasteiger partial charge in [-0.1, -0.05) is 5.16 Å². The lowest BCUT2D eigenvalue weighted by Gasteiger charge is -2.16. The average Bonchev–Trinajstić information content (AvgIpc) is 3.12. The number of rotatable bonds is 2. The van der Waals surface area contributed by atoms with Gasteiger partial charge in [-0.25, -0.2) is 0 Å². The second kappa shape index (κ2) is 5.08. The van der Waals surface area contributed by atoms with Crippen LogP contribution in [0.25, 0.3) is 27.7 Å². The normalized spacial score (nSPS) is 15.0. The van der Waals surface area contributed by atoms with E-state index in [1.807, 2.05) is 38.8 Å². The first-order chi connectivity index (χ1) is 11.1. The molecule has 4 heterocycles. The molecule has 0 fully saturated rings. The first-order valence-corrected chi connectivity index (χ1v) is 7.46. The fourth-order valence-electron chi connectivity index (χ4n) is 3.03. The van der Waals surface area contributed by atoms with E-state index < -0.39 is 0 Å². The summed E-state index contributed by atoms with van der Waals surface area (Å²) in [5.41, 5.74) is 8.28. The minimum Gasteiger partial charge on any atom is -0.391 e. The van der Waals surface area contributed by atoms with Gasteiger partial charge in [0, 0.05) is 47.9 Å². The van der Waals surface area contributed by atoms with Crippen LogP contribution in [0.5, 0.6) is 0 Å².